The molecule has 0 aliphatic heterocycles. The SMILES string of the molecule is Nc1cc(Nc2ccccc2Br)ccc1Br. The zero-order valence-corrected chi connectivity index (χ0v) is 11.5. The number of rotatable bonds is 2. The van der Waals surface area contributed by atoms with Crippen molar-refractivity contribution in [3.05, 3.63) is 51.4 Å². The molecule has 2 rings (SSSR count). The number of nitrogen functional groups attached to an aromatic ring is 1. The van der Waals surface area contributed by atoms with Crippen molar-refractivity contribution in [2.24, 2.45) is 0 Å². The molecule has 2 aromatic rings. The second-order valence-corrected chi connectivity index (χ2v) is 5.05. The summed E-state index contributed by atoms with van der Waals surface area (Å²) in [6.45, 7) is 0. The predicted molar refractivity (Wildman–Crippen MR) is 76.0 cm³/mol. The largest absolute Gasteiger partial charge is 0.398 e. The van der Waals surface area contributed by atoms with E-state index in [-0.39, 0.29) is 0 Å². The Kier molecular flexibility index (Phi) is 3.51. The maximum atomic E-state index is 5.81. The van der Waals surface area contributed by atoms with E-state index in [0.717, 1.165) is 26.0 Å². The molecule has 82 valence electrons. The minimum absolute atomic E-state index is 0.719. The van der Waals surface area contributed by atoms with Gasteiger partial charge in [0.25, 0.3) is 0 Å². The lowest BCUT2D eigenvalue weighted by Crippen LogP contribution is -1.93. The Balaban J connectivity index is 2.28. The van der Waals surface area contributed by atoms with E-state index in [1.807, 2.05) is 42.5 Å². The highest BCUT2D eigenvalue weighted by Crippen LogP contribution is 2.28. The molecule has 0 fully saturated rings. The van der Waals surface area contributed by atoms with E-state index in [2.05, 4.69) is 37.2 Å². The third-order valence-electron chi connectivity index (χ3n) is 2.15. The van der Waals surface area contributed by atoms with Gasteiger partial charge in [-0.05, 0) is 62.2 Å². The molecule has 0 heterocycles. The van der Waals surface area contributed by atoms with Gasteiger partial charge < -0.3 is 11.1 Å². The summed E-state index contributed by atoms with van der Waals surface area (Å²) in [4.78, 5) is 0. The van der Waals surface area contributed by atoms with Crippen molar-refractivity contribution < 1.29 is 0 Å². The molecule has 3 N–H and O–H groups in total. The van der Waals surface area contributed by atoms with Crippen molar-refractivity contribution >= 4 is 48.9 Å². The van der Waals surface area contributed by atoms with Crippen molar-refractivity contribution in [2.75, 3.05) is 11.1 Å². The lowest BCUT2D eigenvalue weighted by atomic mass is 10.2. The Morgan fingerprint density at radius 3 is 2.38 bits per heavy atom. The molecule has 0 aliphatic carbocycles. The smallest absolute Gasteiger partial charge is 0.0528 e. The highest BCUT2D eigenvalue weighted by atomic mass is 79.9. The fraction of sp³-hybridized carbons (Fsp3) is 0. The molecule has 4 heteroatoms. The van der Waals surface area contributed by atoms with Gasteiger partial charge in [-0.1, -0.05) is 12.1 Å². The van der Waals surface area contributed by atoms with Gasteiger partial charge in [0.05, 0.1) is 5.69 Å². The molecule has 0 bridgehead atoms. The minimum Gasteiger partial charge on any atom is -0.398 e. The summed E-state index contributed by atoms with van der Waals surface area (Å²) in [6, 6.07) is 13.7. The molecule has 0 unspecified atom stereocenters. The van der Waals surface area contributed by atoms with Gasteiger partial charge in [0.15, 0.2) is 0 Å². The highest BCUT2D eigenvalue weighted by molar-refractivity contribution is 9.11. The summed E-state index contributed by atoms with van der Waals surface area (Å²) >= 11 is 6.85. The topological polar surface area (TPSA) is 38.0 Å². The molecular formula is C12H10Br2N2. The summed E-state index contributed by atoms with van der Waals surface area (Å²) in [6.07, 6.45) is 0. The number of hydrogen-bond donors (Lipinski definition) is 2. The van der Waals surface area contributed by atoms with Crippen LogP contribution in [0.3, 0.4) is 0 Å². The lowest BCUT2D eigenvalue weighted by Gasteiger charge is -2.09. The van der Waals surface area contributed by atoms with E-state index in [4.69, 9.17) is 5.73 Å². The van der Waals surface area contributed by atoms with Crippen LogP contribution in [0.2, 0.25) is 0 Å². The first-order chi connectivity index (χ1) is 7.66. The highest BCUT2D eigenvalue weighted by Gasteiger charge is 2.01. The van der Waals surface area contributed by atoms with Crippen molar-refractivity contribution in [2.45, 2.75) is 0 Å². The van der Waals surface area contributed by atoms with E-state index in [1.54, 1.807) is 0 Å². The van der Waals surface area contributed by atoms with Crippen molar-refractivity contribution in [3.63, 3.8) is 0 Å². The maximum absolute atomic E-state index is 5.81. The molecule has 16 heavy (non-hydrogen) atoms. The van der Waals surface area contributed by atoms with Crippen molar-refractivity contribution in [3.8, 4) is 0 Å². The number of nitrogens with two attached hydrogens (primary N) is 1. The van der Waals surface area contributed by atoms with Crippen LogP contribution in [0.15, 0.2) is 51.4 Å². The van der Waals surface area contributed by atoms with Crippen LogP contribution in [-0.2, 0) is 0 Å². The standard InChI is InChI=1S/C12H10Br2N2/c13-9-6-5-8(7-11(9)15)16-12-4-2-1-3-10(12)14/h1-7,16H,15H2. The Morgan fingerprint density at radius 2 is 1.69 bits per heavy atom. The number of anilines is 3. The fourth-order valence-electron chi connectivity index (χ4n) is 1.34. The monoisotopic (exact) mass is 340 g/mol. The Labute approximate surface area is 111 Å². The molecule has 2 nitrogen and oxygen atoms in total. The zero-order valence-electron chi connectivity index (χ0n) is 8.37. The summed E-state index contributed by atoms with van der Waals surface area (Å²) in [7, 11) is 0. The van der Waals surface area contributed by atoms with E-state index in [9.17, 15) is 0 Å². The molecule has 0 radical (unpaired) electrons. The van der Waals surface area contributed by atoms with Crippen LogP contribution in [0.1, 0.15) is 0 Å². The summed E-state index contributed by atoms with van der Waals surface area (Å²) < 4.78 is 1.93. The van der Waals surface area contributed by atoms with Crippen LogP contribution in [-0.4, -0.2) is 0 Å². The van der Waals surface area contributed by atoms with Gasteiger partial charge in [-0.3, -0.25) is 0 Å². The van der Waals surface area contributed by atoms with Crippen LogP contribution in [0.5, 0.6) is 0 Å². The quantitative estimate of drug-likeness (QED) is 0.787. The molecule has 0 aromatic heterocycles. The number of hydrogen-bond acceptors (Lipinski definition) is 2. The van der Waals surface area contributed by atoms with Gasteiger partial charge in [0, 0.05) is 20.3 Å². The number of benzene rings is 2. The van der Waals surface area contributed by atoms with Gasteiger partial charge in [-0.2, -0.15) is 0 Å². The van der Waals surface area contributed by atoms with Crippen LogP contribution in [0.4, 0.5) is 17.1 Å². The van der Waals surface area contributed by atoms with E-state index in [1.165, 1.54) is 0 Å². The molecule has 0 atom stereocenters. The van der Waals surface area contributed by atoms with Crippen LogP contribution >= 0.6 is 31.9 Å². The third kappa shape index (κ3) is 2.57. The molecular weight excluding hydrogens is 332 g/mol. The Morgan fingerprint density at radius 1 is 0.938 bits per heavy atom. The summed E-state index contributed by atoms with van der Waals surface area (Å²) in [5.74, 6) is 0. The summed E-state index contributed by atoms with van der Waals surface area (Å²) in [5, 5.41) is 3.29. The molecule has 0 saturated carbocycles. The van der Waals surface area contributed by atoms with Crippen LogP contribution in [0.25, 0.3) is 0 Å². The number of halogens is 2. The van der Waals surface area contributed by atoms with Gasteiger partial charge in [-0.15, -0.1) is 0 Å². The number of nitrogens with one attached hydrogen (secondary N) is 1. The first kappa shape index (κ1) is 11.5. The van der Waals surface area contributed by atoms with Gasteiger partial charge in [0.1, 0.15) is 0 Å². The normalized spacial score (nSPS) is 10.1. The maximum Gasteiger partial charge on any atom is 0.0528 e. The Hall–Kier alpha value is -1.000. The third-order valence-corrected chi connectivity index (χ3v) is 3.56. The fourth-order valence-corrected chi connectivity index (χ4v) is 1.97. The van der Waals surface area contributed by atoms with Crippen LogP contribution in [0, 0.1) is 0 Å². The molecule has 0 spiro atoms. The average molecular weight is 342 g/mol. The van der Waals surface area contributed by atoms with E-state index >= 15 is 0 Å². The lowest BCUT2D eigenvalue weighted by molar-refractivity contribution is 1.51. The van der Waals surface area contributed by atoms with Gasteiger partial charge in [0.2, 0.25) is 0 Å². The predicted octanol–water partition coefficient (Wildman–Crippen LogP) is 4.54. The van der Waals surface area contributed by atoms with Crippen molar-refractivity contribution in [1.82, 2.24) is 0 Å². The molecule has 0 aliphatic rings. The second-order valence-electron chi connectivity index (χ2n) is 3.34. The molecule has 0 saturated heterocycles. The molecule has 0 amide bonds. The summed E-state index contributed by atoms with van der Waals surface area (Å²) in [5.41, 5.74) is 8.52. The van der Waals surface area contributed by atoms with Gasteiger partial charge in [-0.25, -0.2) is 0 Å². The zero-order chi connectivity index (χ0) is 11.5. The first-order valence-corrected chi connectivity index (χ1v) is 6.32. The van der Waals surface area contributed by atoms with E-state index < -0.39 is 0 Å². The van der Waals surface area contributed by atoms with Crippen molar-refractivity contribution in [1.29, 1.82) is 0 Å². The minimum atomic E-state index is 0.719. The van der Waals surface area contributed by atoms with Gasteiger partial charge >= 0.3 is 0 Å². The van der Waals surface area contributed by atoms with E-state index in [0.29, 0.717) is 0 Å². The second kappa shape index (κ2) is 4.89. The first-order valence-electron chi connectivity index (χ1n) is 4.73. The number of para-hydroxylation sites is 1. The average Bonchev–Trinajstić information content (AvgIpc) is 2.27. The van der Waals surface area contributed by atoms with Crippen LogP contribution < -0.4 is 11.1 Å². The molecule has 2 aromatic carbocycles. The Bertz CT molecular complexity index is 512.